The Kier molecular flexibility index (Phi) is 6.22. The van der Waals surface area contributed by atoms with Gasteiger partial charge in [-0.2, -0.15) is 0 Å². The molecular weight excluding hydrogens is 156 g/mol. The number of hydrogen-bond acceptors (Lipinski definition) is 0. The van der Waals surface area contributed by atoms with Crippen LogP contribution in [0.1, 0.15) is 44.9 Å². The van der Waals surface area contributed by atoms with Crippen molar-refractivity contribution in [1.29, 1.82) is 0 Å². The van der Waals surface area contributed by atoms with Gasteiger partial charge in [-0.15, -0.1) is 0 Å². The monoisotopic (exact) mass is 176 g/mol. The quantitative estimate of drug-likeness (QED) is 0.480. The Labute approximate surface area is 82.0 Å². The predicted octanol–water partition coefficient (Wildman–Crippen LogP) is 4.40. The van der Waals surface area contributed by atoms with E-state index in [1.807, 2.05) is 0 Å². The molecule has 0 saturated heterocycles. The molecule has 0 aromatic rings. The Morgan fingerprint density at radius 1 is 0.462 bits per heavy atom. The van der Waals surface area contributed by atoms with Crippen molar-refractivity contribution in [2.75, 3.05) is 0 Å². The average molecular weight is 176 g/mol. The third-order valence-corrected chi connectivity index (χ3v) is 2.28. The highest BCUT2D eigenvalue weighted by Gasteiger charge is 1.85. The van der Waals surface area contributed by atoms with Crippen molar-refractivity contribution in [3.8, 4) is 0 Å². The van der Waals surface area contributed by atoms with Crippen molar-refractivity contribution >= 4 is 0 Å². The van der Waals surface area contributed by atoms with E-state index in [0.29, 0.717) is 0 Å². The molecule has 13 heavy (non-hydrogen) atoms. The summed E-state index contributed by atoms with van der Waals surface area (Å²) >= 11 is 0. The summed E-state index contributed by atoms with van der Waals surface area (Å²) in [7, 11) is 0. The Bertz CT molecular complexity index is 184. The van der Waals surface area contributed by atoms with E-state index in [0.717, 1.165) is 0 Å². The summed E-state index contributed by atoms with van der Waals surface area (Å²) in [6.07, 6.45) is 22.5. The zero-order chi connectivity index (χ0) is 9.19. The Morgan fingerprint density at radius 2 is 0.923 bits per heavy atom. The molecule has 0 fully saturated rings. The van der Waals surface area contributed by atoms with Gasteiger partial charge in [0.05, 0.1) is 0 Å². The van der Waals surface area contributed by atoms with E-state index in [-0.39, 0.29) is 0 Å². The van der Waals surface area contributed by atoms with Gasteiger partial charge in [0.2, 0.25) is 0 Å². The van der Waals surface area contributed by atoms with Crippen molar-refractivity contribution in [1.82, 2.24) is 0 Å². The summed E-state index contributed by atoms with van der Waals surface area (Å²) in [6, 6.07) is 0. The fraction of sp³-hybridized carbons (Fsp3) is 0.538. The fourth-order valence-electron chi connectivity index (χ4n) is 1.46. The van der Waals surface area contributed by atoms with Crippen LogP contribution in [0.3, 0.4) is 0 Å². The molecule has 0 heteroatoms. The minimum atomic E-state index is 1.22. The molecule has 0 N–H and O–H groups in total. The molecule has 0 aromatic heterocycles. The number of rotatable bonds is 0. The maximum absolute atomic E-state index is 2.34. The van der Waals surface area contributed by atoms with Gasteiger partial charge in [-0.25, -0.2) is 0 Å². The molecule has 1 aliphatic carbocycles. The third kappa shape index (κ3) is 6.39. The first-order chi connectivity index (χ1) is 6.50. The van der Waals surface area contributed by atoms with Crippen molar-refractivity contribution in [2.45, 2.75) is 44.9 Å². The second kappa shape index (κ2) is 7.85. The van der Waals surface area contributed by atoms with Gasteiger partial charge in [-0.1, -0.05) is 36.5 Å². The van der Waals surface area contributed by atoms with Gasteiger partial charge in [-0.3, -0.25) is 0 Å². The SMILES string of the molecule is C1=CCCC/C=C/CCCCC=C1. The highest BCUT2D eigenvalue weighted by atomic mass is 13.9. The minimum Gasteiger partial charge on any atom is -0.0885 e. The molecule has 0 aromatic carbocycles. The lowest BCUT2D eigenvalue weighted by Crippen LogP contribution is -1.72. The predicted molar refractivity (Wildman–Crippen MR) is 59.7 cm³/mol. The van der Waals surface area contributed by atoms with Crippen LogP contribution >= 0.6 is 0 Å². The largest absolute Gasteiger partial charge is 0.0885 e. The molecule has 0 amide bonds. The van der Waals surface area contributed by atoms with Gasteiger partial charge in [0, 0.05) is 0 Å². The second-order valence-electron chi connectivity index (χ2n) is 3.54. The fourth-order valence-corrected chi connectivity index (χ4v) is 1.46. The minimum absolute atomic E-state index is 1.22. The summed E-state index contributed by atoms with van der Waals surface area (Å²) in [5.74, 6) is 0. The van der Waals surface area contributed by atoms with Crippen LogP contribution in [0, 0.1) is 0 Å². The first-order valence-corrected chi connectivity index (χ1v) is 5.47. The highest BCUT2D eigenvalue weighted by Crippen LogP contribution is 2.05. The maximum atomic E-state index is 2.34. The van der Waals surface area contributed by atoms with Crippen LogP contribution in [0.4, 0.5) is 0 Å². The van der Waals surface area contributed by atoms with E-state index in [1.54, 1.807) is 0 Å². The van der Waals surface area contributed by atoms with Crippen molar-refractivity contribution in [3.05, 3.63) is 36.5 Å². The maximum Gasteiger partial charge on any atom is -0.0345 e. The van der Waals surface area contributed by atoms with Crippen molar-refractivity contribution in [3.63, 3.8) is 0 Å². The van der Waals surface area contributed by atoms with Crippen LogP contribution in [-0.4, -0.2) is 0 Å². The van der Waals surface area contributed by atoms with Crippen LogP contribution in [-0.2, 0) is 0 Å². The molecule has 0 saturated carbocycles. The van der Waals surface area contributed by atoms with Gasteiger partial charge in [0.1, 0.15) is 0 Å². The summed E-state index contributed by atoms with van der Waals surface area (Å²) < 4.78 is 0. The van der Waals surface area contributed by atoms with Crippen LogP contribution in [0.2, 0.25) is 0 Å². The van der Waals surface area contributed by atoms with Crippen molar-refractivity contribution in [2.24, 2.45) is 0 Å². The number of allylic oxidation sites excluding steroid dienone is 6. The van der Waals surface area contributed by atoms with Gasteiger partial charge < -0.3 is 0 Å². The Balaban J connectivity index is 2.28. The second-order valence-corrected chi connectivity index (χ2v) is 3.54. The van der Waals surface area contributed by atoms with E-state index in [4.69, 9.17) is 0 Å². The van der Waals surface area contributed by atoms with E-state index in [1.165, 1.54) is 44.9 Å². The molecule has 0 nitrogen and oxygen atoms in total. The third-order valence-electron chi connectivity index (χ3n) is 2.28. The molecule has 0 atom stereocenters. The lowest BCUT2D eigenvalue weighted by molar-refractivity contribution is 0.759. The smallest absolute Gasteiger partial charge is 0.0345 e. The summed E-state index contributed by atoms with van der Waals surface area (Å²) in [6.45, 7) is 0. The molecule has 0 aliphatic heterocycles. The van der Waals surface area contributed by atoms with E-state index in [2.05, 4.69) is 36.5 Å². The standard InChI is InChI=1S/C13H20/c1-2-4-6-8-10-12-13-11-9-7-5-3-1/h1-4,11,13H,5-10,12H2/b3-1?,4-2?,13-11+. The lowest BCUT2D eigenvalue weighted by atomic mass is 10.1. The first-order valence-electron chi connectivity index (χ1n) is 5.47. The van der Waals surface area contributed by atoms with Gasteiger partial charge in [0.25, 0.3) is 0 Å². The van der Waals surface area contributed by atoms with Crippen LogP contribution in [0.15, 0.2) is 36.5 Å². The molecule has 0 heterocycles. The molecule has 1 rings (SSSR count). The van der Waals surface area contributed by atoms with Crippen LogP contribution < -0.4 is 0 Å². The molecule has 72 valence electrons. The molecule has 0 unspecified atom stereocenters. The van der Waals surface area contributed by atoms with E-state index in [9.17, 15) is 0 Å². The zero-order valence-electron chi connectivity index (χ0n) is 8.41. The number of hydrogen-bond donors (Lipinski definition) is 0. The van der Waals surface area contributed by atoms with Crippen LogP contribution in [0.5, 0.6) is 0 Å². The van der Waals surface area contributed by atoms with E-state index >= 15 is 0 Å². The summed E-state index contributed by atoms with van der Waals surface area (Å²) in [4.78, 5) is 0. The van der Waals surface area contributed by atoms with E-state index < -0.39 is 0 Å². The van der Waals surface area contributed by atoms with Gasteiger partial charge in [0.15, 0.2) is 0 Å². The summed E-state index contributed by atoms with van der Waals surface area (Å²) in [5, 5.41) is 0. The average Bonchev–Trinajstić information content (AvgIpc) is 2.18. The molecule has 0 radical (unpaired) electrons. The highest BCUT2D eigenvalue weighted by molar-refractivity contribution is 5.02. The van der Waals surface area contributed by atoms with Crippen LogP contribution in [0.25, 0.3) is 0 Å². The van der Waals surface area contributed by atoms with Crippen molar-refractivity contribution < 1.29 is 0 Å². The molecule has 0 spiro atoms. The summed E-state index contributed by atoms with van der Waals surface area (Å²) in [5.41, 5.74) is 0. The Morgan fingerprint density at radius 3 is 1.62 bits per heavy atom. The normalized spacial score (nSPS) is 22.8. The molecular formula is C13H20. The van der Waals surface area contributed by atoms with Gasteiger partial charge >= 0.3 is 0 Å². The molecule has 1 aliphatic rings. The van der Waals surface area contributed by atoms with Gasteiger partial charge in [-0.05, 0) is 44.9 Å². The topological polar surface area (TPSA) is 0 Å². The molecule has 0 bridgehead atoms. The first kappa shape index (κ1) is 10.3. The zero-order valence-corrected chi connectivity index (χ0v) is 8.41. The lowest BCUT2D eigenvalue weighted by Gasteiger charge is -1.92. The Hall–Kier alpha value is -0.780.